The lowest BCUT2D eigenvalue weighted by Crippen LogP contribution is -2.02. The first-order valence-electron chi connectivity index (χ1n) is 4.58. The van der Waals surface area contributed by atoms with Crippen LogP contribution in [0.25, 0.3) is 10.9 Å². The van der Waals surface area contributed by atoms with Gasteiger partial charge in [-0.3, -0.25) is 0 Å². The molecule has 0 saturated heterocycles. The van der Waals surface area contributed by atoms with Gasteiger partial charge >= 0.3 is 0 Å². The van der Waals surface area contributed by atoms with E-state index in [0.717, 1.165) is 6.42 Å². The van der Waals surface area contributed by atoms with Crippen LogP contribution >= 0.6 is 0 Å². The van der Waals surface area contributed by atoms with Gasteiger partial charge in [0.15, 0.2) is 0 Å². The fourth-order valence-electron chi connectivity index (χ4n) is 1.81. The number of hydrogen-bond acceptors (Lipinski definition) is 1. The predicted octanol–water partition coefficient (Wildman–Crippen LogP) is 1.98. The fourth-order valence-corrected chi connectivity index (χ4v) is 1.81. The summed E-state index contributed by atoms with van der Waals surface area (Å²) in [6.07, 6.45) is 3.00. The average Bonchev–Trinajstić information content (AvgIpc) is 2.50. The zero-order valence-corrected chi connectivity index (χ0v) is 7.80. The van der Waals surface area contributed by atoms with E-state index in [1.165, 1.54) is 22.0 Å². The molecule has 0 amide bonds. The zero-order chi connectivity index (χ0) is 9.26. The van der Waals surface area contributed by atoms with Gasteiger partial charge in [-0.25, -0.2) is 0 Å². The molecule has 3 N–H and O–H groups in total. The molecular formula is C11H14N2. The van der Waals surface area contributed by atoms with Gasteiger partial charge in [-0.2, -0.15) is 0 Å². The van der Waals surface area contributed by atoms with Gasteiger partial charge in [0.1, 0.15) is 0 Å². The first-order chi connectivity index (χ1) is 6.33. The van der Waals surface area contributed by atoms with E-state index in [-0.39, 0.29) is 0 Å². The number of fused-ring (bicyclic) bond motifs is 1. The summed E-state index contributed by atoms with van der Waals surface area (Å²) in [5.41, 5.74) is 9.42. The van der Waals surface area contributed by atoms with Crippen molar-refractivity contribution in [1.82, 2.24) is 4.98 Å². The normalized spacial score (nSPS) is 10.9. The van der Waals surface area contributed by atoms with Gasteiger partial charge in [-0.1, -0.05) is 12.1 Å². The van der Waals surface area contributed by atoms with Gasteiger partial charge in [0.25, 0.3) is 0 Å². The van der Waals surface area contributed by atoms with Crippen LogP contribution in [0, 0.1) is 6.92 Å². The Morgan fingerprint density at radius 2 is 2.23 bits per heavy atom. The molecule has 2 aromatic rings. The molecular weight excluding hydrogens is 160 g/mol. The quantitative estimate of drug-likeness (QED) is 0.718. The van der Waals surface area contributed by atoms with E-state index in [4.69, 9.17) is 5.73 Å². The van der Waals surface area contributed by atoms with Crippen molar-refractivity contribution < 1.29 is 0 Å². The van der Waals surface area contributed by atoms with Gasteiger partial charge in [0.05, 0.1) is 0 Å². The van der Waals surface area contributed by atoms with Crippen molar-refractivity contribution in [2.24, 2.45) is 5.73 Å². The molecule has 0 aliphatic carbocycles. The summed E-state index contributed by atoms with van der Waals surface area (Å²) in [6, 6.07) is 6.32. The molecule has 2 heteroatoms. The molecule has 0 spiro atoms. The molecule has 2 nitrogen and oxygen atoms in total. The van der Waals surface area contributed by atoms with Crippen LogP contribution in [-0.2, 0) is 6.42 Å². The van der Waals surface area contributed by atoms with E-state index in [2.05, 4.69) is 30.1 Å². The third kappa shape index (κ3) is 1.33. The molecule has 1 heterocycles. The van der Waals surface area contributed by atoms with Crippen molar-refractivity contribution in [3.63, 3.8) is 0 Å². The van der Waals surface area contributed by atoms with Gasteiger partial charge in [0, 0.05) is 17.1 Å². The van der Waals surface area contributed by atoms with Crippen LogP contribution in [0.2, 0.25) is 0 Å². The highest BCUT2D eigenvalue weighted by molar-refractivity contribution is 5.86. The van der Waals surface area contributed by atoms with E-state index >= 15 is 0 Å². The summed E-state index contributed by atoms with van der Waals surface area (Å²) >= 11 is 0. The summed E-state index contributed by atoms with van der Waals surface area (Å²) < 4.78 is 0. The molecule has 13 heavy (non-hydrogen) atoms. The summed E-state index contributed by atoms with van der Waals surface area (Å²) in [5.74, 6) is 0. The topological polar surface area (TPSA) is 41.8 Å². The second kappa shape index (κ2) is 3.23. The van der Waals surface area contributed by atoms with Gasteiger partial charge in [-0.05, 0) is 37.1 Å². The number of nitrogens with two attached hydrogens (primary N) is 1. The monoisotopic (exact) mass is 174 g/mol. The summed E-state index contributed by atoms with van der Waals surface area (Å²) in [4.78, 5) is 3.25. The largest absolute Gasteiger partial charge is 0.361 e. The molecule has 68 valence electrons. The molecule has 0 atom stereocenters. The second-order valence-corrected chi connectivity index (χ2v) is 3.35. The predicted molar refractivity (Wildman–Crippen MR) is 55.8 cm³/mol. The number of hydrogen-bond donors (Lipinski definition) is 2. The molecule has 0 unspecified atom stereocenters. The number of aromatic amines is 1. The van der Waals surface area contributed by atoms with Crippen molar-refractivity contribution >= 4 is 10.9 Å². The minimum atomic E-state index is 0.712. The van der Waals surface area contributed by atoms with Crippen LogP contribution in [0.15, 0.2) is 24.4 Å². The van der Waals surface area contributed by atoms with Crippen molar-refractivity contribution in [3.05, 3.63) is 35.5 Å². The van der Waals surface area contributed by atoms with Crippen molar-refractivity contribution in [2.75, 3.05) is 6.54 Å². The van der Waals surface area contributed by atoms with E-state index in [1.807, 2.05) is 6.20 Å². The SMILES string of the molecule is Cc1c[nH]c2cccc(CCN)c12. The molecule has 0 radical (unpaired) electrons. The Labute approximate surface area is 77.8 Å². The first kappa shape index (κ1) is 8.32. The third-order valence-electron chi connectivity index (χ3n) is 2.40. The maximum absolute atomic E-state index is 5.56. The zero-order valence-electron chi connectivity index (χ0n) is 7.80. The van der Waals surface area contributed by atoms with E-state index < -0.39 is 0 Å². The standard InChI is InChI=1S/C11H14N2/c1-8-7-13-10-4-2-3-9(5-6-12)11(8)10/h2-4,7,13H,5-6,12H2,1H3. The number of aromatic nitrogens is 1. The van der Waals surface area contributed by atoms with E-state index in [9.17, 15) is 0 Å². The van der Waals surface area contributed by atoms with Crippen LogP contribution in [-0.4, -0.2) is 11.5 Å². The Kier molecular flexibility index (Phi) is 2.07. The smallest absolute Gasteiger partial charge is 0.0459 e. The van der Waals surface area contributed by atoms with Crippen molar-refractivity contribution in [1.29, 1.82) is 0 Å². The molecule has 0 aliphatic rings. The Morgan fingerprint density at radius 1 is 1.38 bits per heavy atom. The number of nitrogens with one attached hydrogen (secondary N) is 1. The molecule has 0 bridgehead atoms. The average molecular weight is 174 g/mol. The highest BCUT2D eigenvalue weighted by Gasteiger charge is 2.03. The lowest BCUT2D eigenvalue weighted by Gasteiger charge is -2.01. The van der Waals surface area contributed by atoms with Crippen LogP contribution in [0.1, 0.15) is 11.1 Å². The minimum Gasteiger partial charge on any atom is -0.361 e. The highest BCUT2D eigenvalue weighted by Crippen LogP contribution is 2.21. The molecule has 2 rings (SSSR count). The lowest BCUT2D eigenvalue weighted by molar-refractivity contribution is 0.977. The van der Waals surface area contributed by atoms with Gasteiger partial charge in [0.2, 0.25) is 0 Å². The van der Waals surface area contributed by atoms with Crippen LogP contribution < -0.4 is 5.73 Å². The second-order valence-electron chi connectivity index (χ2n) is 3.35. The Balaban J connectivity index is 2.65. The summed E-state index contributed by atoms with van der Waals surface area (Å²) in [5, 5.41) is 1.34. The van der Waals surface area contributed by atoms with Crippen molar-refractivity contribution in [3.8, 4) is 0 Å². The Hall–Kier alpha value is -1.28. The summed E-state index contributed by atoms with van der Waals surface area (Å²) in [6.45, 7) is 2.84. The van der Waals surface area contributed by atoms with E-state index in [0.29, 0.717) is 6.54 Å². The number of aryl methyl sites for hydroxylation is 1. The van der Waals surface area contributed by atoms with Crippen LogP contribution in [0.5, 0.6) is 0 Å². The molecule has 0 saturated carbocycles. The molecule has 0 fully saturated rings. The first-order valence-corrected chi connectivity index (χ1v) is 4.58. The van der Waals surface area contributed by atoms with Gasteiger partial charge in [-0.15, -0.1) is 0 Å². The lowest BCUT2D eigenvalue weighted by atomic mass is 10.0. The minimum absolute atomic E-state index is 0.712. The number of rotatable bonds is 2. The number of benzene rings is 1. The highest BCUT2D eigenvalue weighted by atomic mass is 14.7. The fraction of sp³-hybridized carbons (Fsp3) is 0.273. The maximum atomic E-state index is 5.56. The molecule has 1 aromatic carbocycles. The molecule has 1 aromatic heterocycles. The Morgan fingerprint density at radius 3 is 3.00 bits per heavy atom. The Bertz CT molecular complexity index is 415. The third-order valence-corrected chi connectivity index (χ3v) is 2.40. The van der Waals surface area contributed by atoms with Crippen LogP contribution in [0.3, 0.4) is 0 Å². The number of H-pyrrole nitrogens is 1. The van der Waals surface area contributed by atoms with Crippen LogP contribution in [0.4, 0.5) is 0 Å². The van der Waals surface area contributed by atoms with E-state index in [1.54, 1.807) is 0 Å². The molecule has 0 aliphatic heterocycles. The van der Waals surface area contributed by atoms with Crippen molar-refractivity contribution in [2.45, 2.75) is 13.3 Å². The summed E-state index contributed by atoms with van der Waals surface area (Å²) in [7, 11) is 0. The maximum Gasteiger partial charge on any atom is 0.0459 e. The van der Waals surface area contributed by atoms with Gasteiger partial charge < -0.3 is 10.7 Å².